The third-order valence-corrected chi connectivity index (χ3v) is 6.63. The summed E-state index contributed by atoms with van der Waals surface area (Å²) >= 11 is 0. The van der Waals surface area contributed by atoms with E-state index in [1.165, 1.54) is 7.11 Å². The summed E-state index contributed by atoms with van der Waals surface area (Å²) in [5.41, 5.74) is 3.02. The van der Waals surface area contributed by atoms with E-state index in [4.69, 9.17) is 13.9 Å². The second-order valence-electron chi connectivity index (χ2n) is 8.95. The molecule has 0 spiro atoms. The number of hydrogen-bond donors (Lipinski definition) is 1. The summed E-state index contributed by atoms with van der Waals surface area (Å²) in [5, 5.41) is 3.30. The quantitative estimate of drug-likeness (QED) is 0.382. The number of para-hydroxylation sites is 1. The van der Waals surface area contributed by atoms with Crippen LogP contribution in [0.25, 0.3) is 22.3 Å². The zero-order chi connectivity index (χ0) is 26.7. The highest BCUT2D eigenvalue weighted by Gasteiger charge is 2.43. The van der Waals surface area contributed by atoms with E-state index < -0.39 is 23.8 Å². The van der Waals surface area contributed by atoms with Crippen LogP contribution in [-0.4, -0.2) is 45.0 Å². The fourth-order valence-electron chi connectivity index (χ4n) is 4.84. The van der Waals surface area contributed by atoms with Gasteiger partial charge in [-0.05, 0) is 33.9 Å². The van der Waals surface area contributed by atoms with Gasteiger partial charge in [-0.15, -0.1) is 0 Å². The SMILES string of the molecule is CNCCOC(=O)C1=C(C)N=C(C)C(C(=O)OC)C1c1cccc2c(=O)c(C)c(-c3ccccc3)oc12. The number of methoxy groups -OCH3 is 1. The predicted molar refractivity (Wildman–Crippen MR) is 142 cm³/mol. The minimum Gasteiger partial charge on any atom is -0.468 e. The fourth-order valence-corrected chi connectivity index (χ4v) is 4.84. The van der Waals surface area contributed by atoms with E-state index in [-0.39, 0.29) is 17.6 Å². The van der Waals surface area contributed by atoms with E-state index in [0.717, 1.165) is 5.56 Å². The molecular formula is C29H30N2O6. The Morgan fingerprint density at radius 3 is 2.46 bits per heavy atom. The molecule has 0 saturated carbocycles. The lowest BCUT2D eigenvalue weighted by molar-refractivity contribution is -0.144. The Kier molecular flexibility index (Phi) is 7.69. The first kappa shape index (κ1) is 26.0. The van der Waals surface area contributed by atoms with Gasteiger partial charge in [-0.1, -0.05) is 42.5 Å². The van der Waals surface area contributed by atoms with Crippen molar-refractivity contribution in [2.45, 2.75) is 26.7 Å². The Morgan fingerprint density at radius 2 is 1.78 bits per heavy atom. The number of nitrogens with zero attached hydrogens (tertiary/aromatic N) is 1. The molecule has 1 aliphatic heterocycles. The van der Waals surface area contributed by atoms with Crippen molar-refractivity contribution >= 4 is 28.6 Å². The molecule has 1 aromatic heterocycles. The van der Waals surface area contributed by atoms with Crippen molar-refractivity contribution in [2.75, 3.05) is 27.3 Å². The van der Waals surface area contributed by atoms with Gasteiger partial charge in [0, 0.05) is 40.6 Å². The molecule has 37 heavy (non-hydrogen) atoms. The van der Waals surface area contributed by atoms with Gasteiger partial charge in [-0.3, -0.25) is 14.6 Å². The molecule has 2 unspecified atom stereocenters. The third kappa shape index (κ3) is 4.84. The highest BCUT2D eigenvalue weighted by atomic mass is 16.5. The monoisotopic (exact) mass is 502 g/mol. The Labute approximate surface area is 215 Å². The average Bonchev–Trinajstić information content (AvgIpc) is 2.90. The van der Waals surface area contributed by atoms with Crippen LogP contribution in [0.15, 0.2) is 74.0 Å². The maximum Gasteiger partial charge on any atom is 0.336 e. The normalized spacial score (nSPS) is 17.5. The second kappa shape index (κ2) is 10.9. The predicted octanol–water partition coefficient (Wildman–Crippen LogP) is 4.15. The number of rotatable bonds is 7. The molecule has 0 fully saturated rings. The minimum atomic E-state index is -0.905. The van der Waals surface area contributed by atoms with Crippen LogP contribution in [-0.2, 0) is 19.1 Å². The Balaban J connectivity index is 2.00. The van der Waals surface area contributed by atoms with E-state index in [1.807, 2.05) is 30.3 Å². The molecule has 4 rings (SSSR count). The fraction of sp³-hybridized carbons (Fsp3) is 0.310. The number of carbonyl (C=O) groups is 2. The van der Waals surface area contributed by atoms with Crippen molar-refractivity contribution in [3.63, 3.8) is 0 Å². The van der Waals surface area contributed by atoms with E-state index >= 15 is 0 Å². The first-order valence-electron chi connectivity index (χ1n) is 12.1. The molecular weight excluding hydrogens is 472 g/mol. The van der Waals surface area contributed by atoms with E-state index in [1.54, 1.807) is 46.0 Å². The van der Waals surface area contributed by atoms with E-state index in [2.05, 4.69) is 10.3 Å². The number of carbonyl (C=O) groups excluding carboxylic acids is 2. The number of benzene rings is 2. The summed E-state index contributed by atoms with van der Waals surface area (Å²) < 4.78 is 17.1. The van der Waals surface area contributed by atoms with Gasteiger partial charge in [0.2, 0.25) is 0 Å². The molecule has 2 atom stereocenters. The molecule has 1 N–H and O–H groups in total. The van der Waals surface area contributed by atoms with Crippen LogP contribution in [0, 0.1) is 12.8 Å². The second-order valence-corrected chi connectivity index (χ2v) is 8.95. The summed E-state index contributed by atoms with van der Waals surface area (Å²) in [6.45, 7) is 5.77. The number of ether oxygens (including phenoxy) is 2. The zero-order valence-corrected chi connectivity index (χ0v) is 21.6. The number of esters is 2. The molecule has 192 valence electrons. The first-order valence-corrected chi connectivity index (χ1v) is 12.1. The van der Waals surface area contributed by atoms with Gasteiger partial charge < -0.3 is 19.2 Å². The molecule has 3 aromatic rings. The standard InChI is InChI=1S/C29H30N2O6/c1-16-25(32)21-13-9-12-20(27(21)37-26(16)19-10-7-6-8-11-19)24-22(28(33)35-5)17(2)31-18(3)23(24)29(34)36-15-14-30-4/h6-13,22,24,30H,14-15H2,1-5H3. The Morgan fingerprint density at radius 1 is 1.05 bits per heavy atom. The number of allylic oxidation sites excluding steroid dienone is 1. The first-order chi connectivity index (χ1) is 17.8. The summed E-state index contributed by atoms with van der Waals surface area (Å²) in [4.78, 5) is 44.4. The Hall–Kier alpha value is -4.04. The van der Waals surface area contributed by atoms with Crippen molar-refractivity contribution in [3.05, 3.63) is 81.2 Å². The lowest BCUT2D eigenvalue weighted by Crippen LogP contribution is -2.36. The largest absolute Gasteiger partial charge is 0.468 e. The zero-order valence-electron chi connectivity index (χ0n) is 21.6. The maximum absolute atomic E-state index is 13.5. The van der Waals surface area contributed by atoms with Crippen molar-refractivity contribution in [1.29, 1.82) is 0 Å². The number of aliphatic imine (C=N–C) groups is 1. The molecule has 0 aliphatic carbocycles. The van der Waals surface area contributed by atoms with Crippen LogP contribution in [0.3, 0.4) is 0 Å². The van der Waals surface area contributed by atoms with Gasteiger partial charge in [0.1, 0.15) is 23.9 Å². The van der Waals surface area contributed by atoms with Crippen LogP contribution in [0.4, 0.5) is 0 Å². The third-order valence-electron chi connectivity index (χ3n) is 6.63. The molecule has 2 heterocycles. The lowest BCUT2D eigenvalue weighted by atomic mass is 9.75. The van der Waals surface area contributed by atoms with Crippen molar-refractivity contribution in [2.24, 2.45) is 10.9 Å². The minimum absolute atomic E-state index is 0.145. The van der Waals surface area contributed by atoms with Crippen LogP contribution < -0.4 is 10.7 Å². The number of likely N-dealkylation sites (N-methyl/N-ethyl adjacent to an activating group) is 1. The van der Waals surface area contributed by atoms with Gasteiger partial charge >= 0.3 is 11.9 Å². The topological polar surface area (TPSA) is 107 Å². The molecule has 0 bridgehead atoms. The molecule has 0 amide bonds. The van der Waals surface area contributed by atoms with Crippen molar-refractivity contribution < 1.29 is 23.5 Å². The van der Waals surface area contributed by atoms with Gasteiger partial charge in [0.05, 0.1) is 18.1 Å². The Bertz CT molecular complexity index is 1470. The van der Waals surface area contributed by atoms with Gasteiger partial charge in [-0.2, -0.15) is 0 Å². The van der Waals surface area contributed by atoms with Crippen LogP contribution in [0.5, 0.6) is 0 Å². The summed E-state index contributed by atoms with van der Waals surface area (Å²) in [6, 6.07) is 14.5. The van der Waals surface area contributed by atoms with Gasteiger partial charge in [-0.25, -0.2) is 4.79 Å². The van der Waals surface area contributed by atoms with Gasteiger partial charge in [0.15, 0.2) is 5.43 Å². The van der Waals surface area contributed by atoms with Crippen molar-refractivity contribution in [1.82, 2.24) is 5.32 Å². The number of hydrogen-bond acceptors (Lipinski definition) is 8. The van der Waals surface area contributed by atoms with Gasteiger partial charge in [0.25, 0.3) is 0 Å². The maximum atomic E-state index is 13.5. The van der Waals surface area contributed by atoms with E-state index in [9.17, 15) is 14.4 Å². The molecule has 8 nitrogen and oxygen atoms in total. The van der Waals surface area contributed by atoms with Crippen LogP contribution in [0.1, 0.15) is 30.9 Å². The number of fused-ring (bicyclic) bond motifs is 1. The highest BCUT2D eigenvalue weighted by molar-refractivity contribution is 6.07. The molecule has 2 aromatic carbocycles. The molecule has 0 radical (unpaired) electrons. The van der Waals surface area contributed by atoms with Crippen LogP contribution >= 0.6 is 0 Å². The molecule has 8 heteroatoms. The molecule has 0 saturated heterocycles. The summed E-state index contributed by atoms with van der Waals surface area (Å²) in [6.07, 6.45) is 0. The summed E-state index contributed by atoms with van der Waals surface area (Å²) in [5.74, 6) is -2.44. The smallest absolute Gasteiger partial charge is 0.336 e. The van der Waals surface area contributed by atoms with Crippen molar-refractivity contribution in [3.8, 4) is 11.3 Å². The van der Waals surface area contributed by atoms with E-state index in [0.29, 0.717) is 45.8 Å². The highest BCUT2D eigenvalue weighted by Crippen LogP contribution is 2.43. The molecule has 1 aliphatic rings. The van der Waals surface area contributed by atoms with Crippen LogP contribution in [0.2, 0.25) is 0 Å². The number of nitrogens with one attached hydrogen (secondary N) is 1. The summed E-state index contributed by atoms with van der Waals surface area (Å²) in [7, 11) is 3.05. The average molecular weight is 503 g/mol. The lowest BCUT2D eigenvalue weighted by Gasteiger charge is -2.31.